The molecule has 1 aromatic carbocycles. The van der Waals surface area contributed by atoms with Crippen LogP contribution in [0.2, 0.25) is 0 Å². The molecule has 0 saturated carbocycles. The van der Waals surface area contributed by atoms with Crippen LogP contribution >= 0.6 is 0 Å². The molecule has 0 bridgehead atoms. The summed E-state index contributed by atoms with van der Waals surface area (Å²) in [5.41, 5.74) is -1.31. The fraction of sp³-hybridized carbons (Fsp3) is 0.353. The lowest BCUT2D eigenvalue weighted by atomic mass is 10.0. The van der Waals surface area contributed by atoms with Gasteiger partial charge in [-0.15, -0.1) is 0 Å². The third kappa shape index (κ3) is 4.32. The number of furan rings is 1. The van der Waals surface area contributed by atoms with Crippen molar-refractivity contribution >= 4 is 6.03 Å². The van der Waals surface area contributed by atoms with E-state index < -0.39 is 29.3 Å². The number of rotatable bonds is 6. The molecule has 0 radical (unpaired) electrons. The molecule has 0 fully saturated rings. The Bertz CT molecular complexity index is 687. The van der Waals surface area contributed by atoms with Crippen LogP contribution < -0.4 is 10.6 Å². The second-order valence-corrected chi connectivity index (χ2v) is 5.70. The summed E-state index contributed by atoms with van der Waals surface area (Å²) in [7, 11) is 0. The summed E-state index contributed by atoms with van der Waals surface area (Å²) in [5, 5.41) is 15.3. The Balaban J connectivity index is 1.98. The van der Waals surface area contributed by atoms with Gasteiger partial charge >= 0.3 is 6.03 Å². The third-order valence-corrected chi connectivity index (χ3v) is 3.69. The number of hydrogen-bond acceptors (Lipinski definition) is 3. The van der Waals surface area contributed by atoms with E-state index in [0.29, 0.717) is 12.2 Å². The molecule has 1 aromatic heterocycles. The zero-order valence-corrected chi connectivity index (χ0v) is 13.5. The van der Waals surface area contributed by atoms with E-state index in [0.717, 1.165) is 18.2 Å². The number of amides is 2. The SMILES string of the molecule is CC[C@@H](NC(=O)NC[C@](C)(O)c1ccco1)c1cc(F)ccc1F. The van der Waals surface area contributed by atoms with Crippen molar-refractivity contribution in [2.75, 3.05) is 6.54 Å². The quantitative estimate of drug-likeness (QED) is 0.757. The largest absolute Gasteiger partial charge is 0.466 e. The molecule has 130 valence electrons. The summed E-state index contributed by atoms with van der Waals surface area (Å²) >= 11 is 0. The van der Waals surface area contributed by atoms with Gasteiger partial charge < -0.3 is 20.2 Å². The second-order valence-electron chi connectivity index (χ2n) is 5.70. The van der Waals surface area contributed by atoms with Crippen LogP contribution in [0.5, 0.6) is 0 Å². The van der Waals surface area contributed by atoms with E-state index >= 15 is 0 Å². The van der Waals surface area contributed by atoms with Crippen LogP contribution in [0.15, 0.2) is 41.0 Å². The molecule has 5 nitrogen and oxygen atoms in total. The third-order valence-electron chi connectivity index (χ3n) is 3.69. The van der Waals surface area contributed by atoms with Crippen molar-refractivity contribution in [3.63, 3.8) is 0 Å². The fourth-order valence-corrected chi connectivity index (χ4v) is 2.32. The van der Waals surface area contributed by atoms with Gasteiger partial charge in [0.1, 0.15) is 23.0 Å². The van der Waals surface area contributed by atoms with E-state index in [4.69, 9.17) is 4.42 Å². The molecule has 0 unspecified atom stereocenters. The lowest BCUT2D eigenvalue weighted by molar-refractivity contribution is 0.0366. The molecular formula is C17H20F2N2O3. The molecule has 0 aliphatic heterocycles. The molecule has 3 N–H and O–H groups in total. The van der Waals surface area contributed by atoms with Gasteiger partial charge in [0.05, 0.1) is 18.8 Å². The summed E-state index contributed by atoms with van der Waals surface area (Å²) in [4.78, 5) is 12.0. The smallest absolute Gasteiger partial charge is 0.315 e. The maximum absolute atomic E-state index is 13.8. The van der Waals surface area contributed by atoms with Crippen molar-refractivity contribution in [1.82, 2.24) is 10.6 Å². The predicted octanol–water partition coefficient (Wildman–Crippen LogP) is 3.22. The normalized spacial score (nSPS) is 14.7. The first-order valence-electron chi connectivity index (χ1n) is 7.59. The van der Waals surface area contributed by atoms with E-state index in [9.17, 15) is 18.7 Å². The summed E-state index contributed by atoms with van der Waals surface area (Å²) < 4.78 is 32.2. The Kier molecular flexibility index (Phi) is 5.56. The van der Waals surface area contributed by atoms with Gasteiger partial charge in [-0.2, -0.15) is 0 Å². The van der Waals surface area contributed by atoms with Crippen LogP contribution in [0.1, 0.15) is 37.6 Å². The van der Waals surface area contributed by atoms with Gasteiger partial charge in [-0.25, -0.2) is 13.6 Å². The Morgan fingerprint density at radius 1 is 1.38 bits per heavy atom. The van der Waals surface area contributed by atoms with Crippen molar-refractivity contribution in [2.24, 2.45) is 0 Å². The highest BCUT2D eigenvalue weighted by atomic mass is 19.1. The lowest BCUT2D eigenvalue weighted by Gasteiger charge is -2.23. The molecule has 0 aliphatic rings. The van der Waals surface area contributed by atoms with Crippen molar-refractivity contribution in [3.05, 3.63) is 59.6 Å². The topological polar surface area (TPSA) is 74.5 Å². The Labute approximate surface area is 138 Å². The standard InChI is InChI=1S/C17H20F2N2O3/c1-3-14(12-9-11(18)6-7-13(12)19)21-16(22)20-10-17(2,23)15-5-4-8-24-15/h4-9,14,23H,3,10H2,1-2H3,(H2,20,21,22)/t14-,17+/m1/s1. The van der Waals surface area contributed by atoms with Crippen LogP contribution in [0.3, 0.4) is 0 Å². The number of aliphatic hydroxyl groups is 1. The summed E-state index contributed by atoms with van der Waals surface area (Å²) in [6.07, 6.45) is 1.80. The number of halogens is 2. The maximum Gasteiger partial charge on any atom is 0.315 e. The first-order chi connectivity index (χ1) is 11.3. The van der Waals surface area contributed by atoms with Gasteiger partial charge in [0.2, 0.25) is 0 Å². The number of benzene rings is 1. The lowest BCUT2D eigenvalue weighted by Crippen LogP contribution is -2.44. The highest BCUT2D eigenvalue weighted by Crippen LogP contribution is 2.22. The Morgan fingerprint density at radius 2 is 2.12 bits per heavy atom. The first kappa shape index (κ1) is 17.9. The molecule has 0 aliphatic carbocycles. The minimum absolute atomic E-state index is 0.0745. The predicted molar refractivity (Wildman–Crippen MR) is 84.2 cm³/mol. The van der Waals surface area contributed by atoms with Crippen molar-refractivity contribution in [2.45, 2.75) is 31.9 Å². The van der Waals surface area contributed by atoms with Crippen LogP contribution in [-0.2, 0) is 5.60 Å². The zero-order chi connectivity index (χ0) is 17.7. The number of carbonyl (C=O) groups is 1. The fourth-order valence-electron chi connectivity index (χ4n) is 2.32. The van der Waals surface area contributed by atoms with E-state index in [1.165, 1.54) is 13.2 Å². The van der Waals surface area contributed by atoms with Gasteiger partial charge in [0.15, 0.2) is 0 Å². The van der Waals surface area contributed by atoms with E-state index in [2.05, 4.69) is 10.6 Å². The highest BCUT2D eigenvalue weighted by molar-refractivity contribution is 5.74. The maximum atomic E-state index is 13.8. The van der Waals surface area contributed by atoms with Crippen LogP contribution in [0, 0.1) is 11.6 Å². The number of carbonyl (C=O) groups excluding carboxylic acids is 1. The van der Waals surface area contributed by atoms with E-state index in [1.54, 1.807) is 19.1 Å². The van der Waals surface area contributed by atoms with Crippen LogP contribution in [-0.4, -0.2) is 17.7 Å². The molecule has 2 atom stereocenters. The number of urea groups is 1. The zero-order valence-electron chi connectivity index (χ0n) is 13.5. The van der Waals surface area contributed by atoms with Gasteiger partial charge in [-0.05, 0) is 43.7 Å². The molecule has 1 heterocycles. The average molecular weight is 338 g/mol. The van der Waals surface area contributed by atoms with E-state index in [1.807, 2.05) is 0 Å². The number of nitrogens with one attached hydrogen (secondary N) is 2. The summed E-state index contributed by atoms with van der Waals surface area (Å²) in [6.45, 7) is 3.14. The van der Waals surface area contributed by atoms with Crippen molar-refractivity contribution < 1.29 is 23.1 Å². The second kappa shape index (κ2) is 7.44. The minimum atomic E-state index is -1.38. The van der Waals surface area contributed by atoms with E-state index in [-0.39, 0.29) is 12.1 Å². The molecule has 7 heteroatoms. The molecule has 2 amide bonds. The monoisotopic (exact) mass is 338 g/mol. The van der Waals surface area contributed by atoms with Crippen LogP contribution in [0.25, 0.3) is 0 Å². The molecular weight excluding hydrogens is 318 g/mol. The van der Waals surface area contributed by atoms with Gasteiger partial charge in [-0.3, -0.25) is 0 Å². The summed E-state index contributed by atoms with van der Waals surface area (Å²) in [6, 6.07) is 5.04. The highest BCUT2D eigenvalue weighted by Gasteiger charge is 2.27. The number of hydrogen-bond donors (Lipinski definition) is 3. The summed E-state index contributed by atoms with van der Waals surface area (Å²) in [5.74, 6) is -0.857. The molecule has 2 rings (SSSR count). The molecule has 2 aromatic rings. The molecule has 0 saturated heterocycles. The molecule has 0 spiro atoms. The Hall–Kier alpha value is -2.41. The van der Waals surface area contributed by atoms with Crippen molar-refractivity contribution in [3.8, 4) is 0 Å². The van der Waals surface area contributed by atoms with Gasteiger partial charge in [0.25, 0.3) is 0 Å². The van der Waals surface area contributed by atoms with Crippen molar-refractivity contribution in [1.29, 1.82) is 0 Å². The minimum Gasteiger partial charge on any atom is -0.466 e. The Morgan fingerprint density at radius 3 is 2.75 bits per heavy atom. The first-order valence-corrected chi connectivity index (χ1v) is 7.59. The average Bonchev–Trinajstić information content (AvgIpc) is 3.08. The van der Waals surface area contributed by atoms with Crippen LogP contribution in [0.4, 0.5) is 13.6 Å². The van der Waals surface area contributed by atoms with Gasteiger partial charge in [0, 0.05) is 5.56 Å². The van der Waals surface area contributed by atoms with Gasteiger partial charge in [-0.1, -0.05) is 6.92 Å². The molecule has 24 heavy (non-hydrogen) atoms.